The first-order valence-electron chi connectivity index (χ1n) is 5.85. The highest BCUT2D eigenvalue weighted by Gasteiger charge is 2.31. The van der Waals surface area contributed by atoms with Crippen molar-refractivity contribution in [3.8, 4) is 0 Å². The van der Waals surface area contributed by atoms with Crippen LogP contribution in [0, 0.1) is 0 Å². The summed E-state index contributed by atoms with van der Waals surface area (Å²) in [6, 6.07) is 0.537. The van der Waals surface area contributed by atoms with E-state index in [1.165, 1.54) is 5.57 Å². The molecule has 0 fully saturated rings. The Labute approximate surface area is 95.0 Å². The van der Waals surface area contributed by atoms with Crippen molar-refractivity contribution < 1.29 is 5.11 Å². The minimum atomic E-state index is -0.614. The van der Waals surface area contributed by atoms with Crippen LogP contribution in [0.2, 0.25) is 0 Å². The molecule has 15 heavy (non-hydrogen) atoms. The van der Waals surface area contributed by atoms with Crippen LogP contribution in [0.15, 0.2) is 11.6 Å². The molecule has 0 saturated heterocycles. The molecule has 3 unspecified atom stereocenters. The monoisotopic (exact) mass is 213 g/mol. The van der Waals surface area contributed by atoms with Gasteiger partial charge in [0.15, 0.2) is 0 Å². The van der Waals surface area contributed by atoms with Crippen LogP contribution >= 0.6 is 0 Å². The molecule has 0 aromatic rings. The van der Waals surface area contributed by atoms with Crippen molar-refractivity contribution in [3.63, 3.8) is 0 Å². The van der Waals surface area contributed by atoms with Gasteiger partial charge in [-0.15, -0.1) is 0 Å². The molecule has 2 heteroatoms. The lowest BCUT2D eigenvalue weighted by Crippen LogP contribution is -2.50. The maximum absolute atomic E-state index is 10.2. The first-order valence-corrected chi connectivity index (χ1v) is 5.85. The quantitative estimate of drug-likeness (QED) is 0.710. The zero-order valence-electron chi connectivity index (χ0n) is 11.3. The second-order valence-electron chi connectivity index (χ2n) is 4.76. The standard InChI is InChI=1S/C13H27NO/c1-8-10(3)11(4)14(7)12(5)13(6,15)9-2/h8,11-12,15H,9H2,1-7H3. The summed E-state index contributed by atoms with van der Waals surface area (Å²) in [7, 11) is 2.08. The Bertz CT molecular complexity index is 221. The van der Waals surface area contributed by atoms with Crippen LogP contribution < -0.4 is 0 Å². The highest BCUT2D eigenvalue weighted by atomic mass is 16.3. The van der Waals surface area contributed by atoms with E-state index in [1.807, 2.05) is 13.8 Å². The molecule has 2 nitrogen and oxygen atoms in total. The van der Waals surface area contributed by atoms with Gasteiger partial charge >= 0.3 is 0 Å². The van der Waals surface area contributed by atoms with Crippen LogP contribution in [0.1, 0.15) is 48.0 Å². The second-order valence-corrected chi connectivity index (χ2v) is 4.76. The Morgan fingerprint density at radius 2 is 1.93 bits per heavy atom. The number of aliphatic hydroxyl groups is 1. The lowest BCUT2D eigenvalue weighted by atomic mass is 9.92. The molecule has 0 bridgehead atoms. The molecule has 0 heterocycles. The zero-order valence-corrected chi connectivity index (χ0v) is 11.3. The Morgan fingerprint density at radius 3 is 2.27 bits per heavy atom. The van der Waals surface area contributed by atoms with Gasteiger partial charge in [-0.25, -0.2) is 0 Å². The fourth-order valence-corrected chi connectivity index (χ4v) is 1.63. The van der Waals surface area contributed by atoms with Gasteiger partial charge in [-0.2, -0.15) is 0 Å². The van der Waals surface area contributed by atoms with E-state index < -0.39 is 5.60 Å². The van der Waals surface area contributed by atoms with E-state index in [4.69, 9.17) is 0 Å². The van der Waals surface area contributed by atoms with Gasteiger partial charge in [0, 0.05) is 12.1 Å². The van der Waals surface area contributed by atoms with E-state index in [1.54, 1.807) is 0 Å². The summed E-state index contributed by atoms with van der Waals surface area (Å²) in [5, 5.41) is 10.2. The summed E-state index contributed by atoms with van der Waals surface area (Å²) in [6.45, 7) is 12.4. The number of hydrogen-bond acceptors (Lipinski definition) is 2. The van der Waals surface area contributed by atoms with Crippen LogP contribution in [0.4, 0.5) is 0 Å². The third-order valence-corrected chi connectivity index (χ3v) is 3.95. The predicted octanol–water partition coefficient (Wildman–Crippen LogP) is 2.82. The number of likely N-dealkylation sites (N-methyl/N-ethyl adjacent to an activating group) is 1. The molecule has 0 aliphatic carbocycles. The van der Waals surface area contributed by atoms with Crippen LogP contribution in [0.3, 0.4) is 0 Å². The number of nitrogens with zero attached hydrogens (tertiary/aromatic N) is 1. The maximum Gasteiger partial charge on any atom is 0.0769 e. The normalized spacial score (nSPS) is 21.3. The van der Waals surface area contributed by atoms with Crippen molar-refractivity contribution in [2.75, 3.05) is 7.05 Å². The largest absolute Gasteiger partial charge is 0.389 e. The van der Waals surface area contributed by atoms with Crippen molar-refractivity contribution in [2.24, 2.45) is 0 Å². The number of allylic oxidation sites excluding steroid dienone is 1. The number of rotatable bonds is 5. The Kier molecular flexibility index (Phi) is 5.54. The van der Waals surface area contributed by atoms with Crippen LogP contribution in [0.5, 0.6) is 0 Å². The molecule has 0 aromatic carbocycles. The molecular formula is C13H27NO. The van der Waals surface area contributed by atoms with E-state index in [9.17, 15) is 5.11 Å². The minimum Gasteiger partial charge on any atom is -0.389 e. The van der Waals surface area contributed by atoms with Gasteiger partial charge in [-0.05, 0) is 48.1 Å². The first kappa shape index (κ1) is 14.7. The Balaban J connectivity index is 4.64. The SMILES string of the molecule is CC=C(C)C(C)N(C)C(C)C(C)(O)CC. The zero-order chi connectivity index (χ0) is 12.2. The third-order valence-electron chi connectivity index (χ3n) is 3.95. The molecule has 0 rings (SSSR count). The molecule has 0 amide bonds. The van der Waals surface area contributed by atoms with Crippen molar-refractivity contribution in [1.82, 2.24) is 4.90 Å². The van der Waals surface area contributed by atoms with Gasteiger partial charge < -0.3 is 5.11 Å². The van der Waals surface area contributed by atoms with Gasteiger partial charge in [0.25, 0.3) is 0 Å². The lowest BCUT2D eigenvalue weighted by molar-refractivity contribution is -0.0277. The van der Waals surface area contributed by atoms with E-state index in [2.05, 4.69) is 45.7 Å². The molecule has 1 N–H and O–H groups in total. The third kappa shape index (κ3) is 3.62. The molecule has 0 saturated carbocycles. The summed E-state index contributed by atoms with van der Waals surface area (Å²) in [6.07, 6.45) is 2.91. The van der Waals surface area contributed by atoms with Crippen LogP contribution in [0.25, 0.3) is 0 Å². The molecular weight excluding hydrogens is 186 g/mol. The van der Waals surface area contributed by atoms with Gasteiger partial charge in [-0.3, -0.25) is 4.90 Å². The van der Waals surface area contributed by atoms with Crippen molar-refractivity contribution in [1.29, 1.82) is 0 Å². The Morgan fingerprint density at radius 1 is 1.47 bits per heavy atom. The average molecular weight is 213 g/mol. The van der Waals surface area contributed by atoms with E-state index in [0.717, 1.165) is 6.42 Å². The molecule has 90 valence electrons. The lowest BCUT2D eigenvalue weighted by Gasteiger charge is -2.39. The molecule has 0 spiro atoms. The highest BCUT2D eigenvalue weighted by Crippen LogP contribution is 2.22. The van der Waals surface area contributed by atoms with Crippen molar-refractivity contribution >= 4 is 0 Å². The predicted molar refractivity (Wildman–Crippen MR) is 67.0 cm³/mol. The first-order chi connectivity index (χ1) is 6.77. The summed E-state index contributed by atoms with van der Waals surface area (Å²) in [5.74, 6) is 0. The summed E-state index contributed by atoms with van der Waals surface area (Å²) < 4.78 is 0. The topological polar surface area (TPSA) is 23.5 Å². The van der Waals surface area contributed by atoms with Crippen molar-refractivity contribution in [2.45, 2.75) is 65.6 Å². The molecule has 0 radical (unpaired) electrons. The maximum atomic E-state index is 10.2. The van der Waals surface area contributed by atoms with E-state index in [-0.39, 0.29) is 6.04 Å². The van der Waals surface area contributed by atoms with Crippen LogP contribution in [-0.2, 0) is 0 Å². The second kappa shape index (κ2) is 5.66. The summed E-state index contributed by atoms with van der Waals surface area (Å²) in [5.41, 5.74) is 0.730. The van der Waals surface area contributed by atoms with E-state index >= 15 is 0 Å². The van der Waals surface area contributed by atoms with Gasteiger partial charge in [-0.1, -0.05) is 18.6 Å². The van der Waals surface area contributed by atoms with Gasteiger partial charge in [0.2, 0.25) is 0 Å². The minimum absolute atomic E-state index is 0.160. The molecule has 0 aromatic heterocycles. The summed E-state index contributed by atoms with van der Waals surface area (Å²) >= 11 is 0. The molecule has 0 aliphatic rings. The smallest absolute Gasteiger partial charge is 0.0769 e. The van der Waals surface area contributed by atoms with Gasteiger partial charge in [0.05, 0.1) is 5.60 Å². The van der Waals surface area contributed by atoms with E-state index in [0.29, 0.717) is 6.04 Å². The van der Waals surface area contributed by atoms with Crippen LogP contribution in [-0.4, -0.2) is 34.7 Å². The van der Waals surface area contributed by atoms with Crippen molar-refractivity contribution in [3.05, 3.63) is 11.6 Å². The summed E-state index contributed by atoms with van der Waals surface area (Å²) in [4.78, 5) is 2.23. The highest BCUT2D eigenvalue weighted by molar-refractivity contribution is 5.06. The average Bonchev–Trinajstić information content (AvgIpc) is 2.24. The fraction of sp³-hybridized carbons (Fsp3) is 0.846. The Hall–Kier alpha value is -0.340. The molecule has 3 atom stereocenters. The number of hydrogen-bond donors (Lipinski definition) is 1. The fourth-order valence-electron chi connectivity index (χ4n) is 1.63. The molecule has 0 aliphatic heterocycles. The van der Waals surface area contributed by atoms with Gasteiger partial charge in [0.1, 0.15) is 0 Å².